The van der Waals surface area contributed by atoms with E-state index in [-0.39, 0.29) is 11.8 Å². The number of carbonyl (C=O) groups is 1. The first-order valence-electron chi connectivity index (χ1n) is 3.76. The Morgan fingerprint density at radius 1 is 1.69 bits per heavy atom. The molecule has 1 heterocycles. The van der Waals surface area contributed by atoms with Crippen LogP contribution in [-0.4, -0.2) is 18.3 Å². The van der Waals surface area contributed by atoms with Crippen LogP contribution in [0.4, 0.5) is 0 Å². The zero-order valence-corrected chi connectivity index (χ0v) is 7.40. The minimum atomic E-state index is -0.531. The van der Waals surface area contributed by atoms with E-state index in [1.165, 1.54) is 13.2 Å². The molecular formula is C8H11NO4. The van der Waals surface area contributed by atoms with Gasteiger partial charge in [-0.2, -0.15) is 5.48 Å². The van der Waals surface area contributed by atoms with Gasteiger partial charge in [-0.15, -0.1) is 0 Å². The van der Waals surface area contributed by atoms with Crippen LogP contribution in [0.3, 0.4) is 0 Å². The van der Waals surface area contributed by atoms with Crippen LogP contribution >= 0.6 is 0 Å². The maximum atomic E-state index is 10.9. The van der Waals surface area contributed by atoms with Crippen molar-refractivity contribution in [3.05, 3.63) is 23.7 Å². The van der Waals surface area contributed by atoms with Crippen molar-refractivity contribution in [3.8, 4) is 0 Å². The summed E-state index contributed by atoms with van der Waals surface area (Å²) in [5, 5.41) is 8.57. The molecular weight excluding hydrogens is 174 g/mol. The SMILES string of the molecule is COC(=O)c1ccc(C(C)NO)o1. The summed E-state index contributed by atoms with van der Waals surface area (Å²) in [5.74, 6) is 0.0684. The summed E-state index contributed by atoms with van der Waals surface area (Å²) in [6, 6.07) is 2.74. The van der Waals surface area contributed by atoms with E-state index in [1.54, 1.807) is 13.0 Å². The van der Waals surface area contributed by atoms with E-state index in [2.05, 4.69) is 4.74 Å². The van der Waals surface area contributed by atoms with E-state index in [0.717, 1.165) is 0 Å². The molecule has 5 nitrogen and oxygen atoms in total. The Hall–Kier alpha value is -1.33. The highest BCUT2D eigenvalue weighted by Gasteiger charge is 2.14. The van der Waals surface area contributed by atoms with Gasteiger partial charge < -0.3 is 14.4 Å². The summed E-state index contributed by atoms with van der Waals surface area (Å²) >= 11 is 0. The molecule has 2 N–H and O–H groups in total. The molecule has 0 saturated carbocycles. The summed E-state index contributed by atoms with van der Waals surface area (Å²) in [5.41, 5.74) is 2.01. The number of rotatable bonds is 3. The first-order valence-corrected chi connectivity index (χ1v) is 3.76. The Morgan fingerprint density at radius 3 is 2.92 bits per heavy atom. The fourth-order valence-corrected chi connectivity index (χ4v) is 0.859. The average Bonchev–Trinajstić information content (AvgIpc) is 2.64. The summed E-state index contributed by atoms with van der Waals surface area (Å²) in [6.45, 7) is 1.69. The van der Waals surface area contributed by atoms with Gasteiger partial charge in [-0.05, 0) is 19.1 Å². The second-order valence-corrected chi connectivity index (χ2v) is 2.54. The molecule has 0 amide bonds. The minimum Gasteiger partial charge on any atom is -0.463 e. The number of hydrogen-bond donors (Lipinski definition) is 2. The van der Waals surface area contributed by atoms with E-state index in [1.807, 2.05) is 5.48 Å². The molecule has 5 heteroatoms. The molecule has 1 rings (SSSR count). The average molecular weight is 185 g/mol. The Kier molecular flexibility index (Phi) is 3.05. The Bertz CT molecular complexity index is 294. The molecule has 1 unspecified atom stereocenters. The van der Waals surface area contributed by atoms with E-state index in [0.29, 0.717) is 5.76 Å². The third-order valence-electron chi connectivity index (χ3n) is 1.63. The number of nitrogens with one attached hydrogen (secondary N) is 1. The molecule has 0 bridgehead atoms. The molecule has 1 aromatic rings. The number of ether oxygens (including phenoxy) is 1. The van der Waals surface area contributed by atoms with Crippen LogP contribution in [0.25, 0.3) is 0 Å². The van der Waals surface area contributed by atoms with Crippen LogP contribution in [0.15, 0.2) is 16.5 Å². The standard InChI is InChI=1S/C8H11NO4/c1-5(9-11)6-3-4-7(13-6)8(10)12-2/h3-5,9,11H,1-2H3. The lowest BCUT2D eigenvalue weighted by molar-refractivity contribution is 0.0557. The zero-order chi connectivity index (χ0) is 9.84. The number of esters is 1. The van der Waals surface area contributed by atoms with Gasteiger partial charge in [0.15, 0.2) is 0 Å². The van der Waals surface area contributed by atoms with E-state index >= 15 is 0 Å². The predicted octanol–water partition coefficient (Wildman–Crippen LogP) is 1.11. The van der Waals surface area contributed by atoms with Crippen LogP contribution in [0.5, 0.6) is 0 Å². The molecule has 0 spiro atoms. The fraction of sp³-hybridized carbons (Fsp3) is 0.375. The maximum Gasteiger partial charge on any atom is 0.373 e. The quantitative estimate of drug-likeness (QED) is 0.545. The van der Waals surface area contributed by atoms with Crippen LogP contribution in [0, 0.1) is 0 Å². The van der Waals surface area contributed by atoms with Crippen LogP contribution < -0.4 is 5.48 Å². The number of methoxy groups -OCH3 is 1. The van der Waals surface area contributed by atoms with Crippen molar-refractivity contribution in [1.29, 1.82) is 0 Å². The first-order chi connectivity index (χ1) is 6.19. The second-order valence-electron chi connectivity index (χ2n) is 2.54. The number of hydrogen-bond acceptors (Lipinski definition) is 5. The van der Waals surface area contributed by atoms with Gasteiger partial charge in [-0.25, -0.2) is 4.79 Å². The summed E-state index contributed by atoms with van der Waals surface area (Å²) in [4.78, 5) is 10.9. The highest BCUT2D eigenvalue weighted by Crippen LogP contribution is 2.15. The van der Waals surface area contributed by atoms with Crippen LogP contribution in [-0.2, 0) is 4.74 Å². The minimum absolute atomic E-state index is 0.125. The fourth-order valence-electron chi connectivity index (χ4n) is 0.859. The summed E-state index contributed by atoms with van der Waals surface area (Å²) in [7, 11) is 1.28. The van der Waals surface area contributed by atoms with Gasteiger partial charge in [-0.3, -0.25) is 0 Å². The Balaban J connectivity index is 2.80. The van der Waals surface area contributed by atoms with Gasteiger partial charge >= 0.3 is 5.97 Å². The second kappa shape index (κ2) is 4.06. The first kappa shape index (κ1) is 9.76. The highest BCUT2D eigenvalue weighted by atomic mass is 16.5. The molecule has 0 aliphatic heterocycles. The van der Waals surface area contributed by atoms with Crippen molar-refractivity contribution >= 4 is 5.97 Å². The molecule has 13 heavy (non-hydrogen) atoms. The third-order valence-corrected chi connectivity index (χ3v) is 1.63. The van der Waals surface area contributed by atoms with Gasteiger partial charge in [0.25, 0.3) is 0 Å². The molecule has 0 fully saturated rings. The van der Waals surface area contributed by atoms with Crippen molar-refractivity contribution < 1.29 is 19.2 Å². The van der Waals surface area contributed by atoms with Gasteiger partial charge in [0.2, 0.25) is 5.76 Å². The normalized spacial score (nSPS) is 12.5. The van der Waals surface area contributed by atoms with Crippen LogP contribution in [0.1, 0.15) is 29.3 Å². The smallest absolute Gasteiger partial charge is 0.373 e. The lowest BCUT2D eigenvalue weighted by atomic mass is 10.3. The van der Waals surface area contributed by atoms with E-state index < -0.39 is 5.97 Å². The number of carbonyl (C=O) groups excluding carboxylic acids is 1. The van der Waals surface area contributed by atoms with Crippen molar-refractivity contribution in [2.24, 2.45) is 0 Å². The molecule has 0 aliphatic carbocycles. The molecule has 0 radical (unpaired) electrons. The topological polar surface area (TPSA) is 71.7 Å². The zero-order valence-electron chi connectivity index (χ0n) is 7.40. The predicted molar refractivity (Wildman–Crippen MR) is 43.4 cm³/mol. The summed E-state index contributed by atoms with van der Waals surface area (Å²) in [6.07, 6.45) is 0. The molecule has 1 atom stereocenters. The molecule has 1 aromatic heterocycles. The Labute approximate surface area is 75.3 Å². The van der Waals surface area contributed by atoms with Crippen molar-refractivity contribution in [2.45, 2.75) is 13.0 Å². The van der Waals surface area contributed by atoms with Gasteiger partial charge in [0, 0.05) is 0 Å². The Morgan fingerprint density at radius 2 is 2.38 bits per heavy atom. The monoisotopic (exact) mass is 185 g/mol. The summed E-state index contributed by atoms with van der Waals surface area (Å²) < 4.78 is 9.54. The van der Waals surface area contributed by atoms with Gasteiger partial charge in [-0.1, -0.05) is 0 Å². The largest absolute Gasteiger partial charge is 0.463 e. The van der Waals surface area contributed by atoms with Gasteiger partial charge in [0.1, 0.15) is 5.76 Å². The molecule has 0 aromatic carbocycles. The van der Waals surface area contributed by atoms with Gasteiger partial charge in [0.05, 0.1) is 13.2 Å². The molecule has 0 aliphatic rings. The van der Waals surface area contributed by atoms with Crippen molar-refractivity contribution in [1.82, 2.24) is 5.48 Å². The maximum absolute atomic E-state index is 10.9. The van der Waals surface area contributed by atoms with Crippen LogP contribution in [0.2, 0.25) is 0 Å². The van der Waals surface area contributed by atoms with E-state index in [4.69, 9.17) is 9.62 Å². The number of furan rings is 1. The highest BCUT2D eigenvalue weighted by molar-refractivity contribution is 5.86. The molecule has 0 saturated heterocycles. The molecule has 72 valence electrons. The lowest BCUT2D eigenvalue weighted by Crippen LogP contribution is -2.12. The lowest BCUT2D eigenvalue weighted by Gasteiger charge is -2.03. The van der Waals surface area contributed by atoms with E-state index in [9.17, 15) is 4.79 Å². The number of hydroxylamine groups is 1. The third kappa shape index (κ3) is 2.07. The van der Waals surface area contributed by atoms with Crippen molar-refractivity contribution in [2.75, 3.05) is 7.11 Å². The van der Waals surface area contributed by atoms with Crippen molar-refractivity contribution in [3.63, 3.8) is 0 Å².